The molecule has 0 aromatic heterocycles. The Morgan fingerprint density at radius 3 is 1.25 bits per heavy atom. The lowest BCUT2D eigenvalue weighted by Gasteiger charge is -2.22. The van der Waals surface area contributed by atoms with Gasteiger partial charge in [-0.3, -0.25) is 9.59 Å². The summed E-state index contributed by atoms with van der Waals surface area (Å²) in [7, 11) is 0. The van der Waals surface area contributed by atoms with Crippen molar-refractivity contribution >= 4 is 11.9 Å². The molecular formula is C51H97NO5. The quantitative estimate of drug-likeness (QED) is 0.0324. The Morgan fingerprint density at radius 2 is 0.825 bits per heavy atom. The van der Waals surface area contributed by atoms with Gasteiger partial charge in [0.2, 0.25) is 5.91 Å². The predicted molar refractivity (Wildman–Crippen MR) is 246 cm³/mol. The predicted octanol–water partition coefficient (Wildman–Crippen LogP) is 14.7. The average molecular weight is 804 g/mol. The molecule has 2 unspecified atom stereocenters. The highest BCUT2D eigenvalue weighted by molar-refractivity contribution is 5.76. The molecule has 0 aromatic rings. The van der Waals surface area contributed by atoms with Crippen molar-refractivity contribution in [1.82, 2.24) is 5.32 Å². The van der Waals surface area contributed by atoms with Crippen LogP contribution in [-0.4, -0.2) is 47.4 Å². The summed E-state index contributed by atoms with van der Waals surface area (Å²) >= 11 is 0. The maximum absolute atomic E-state index is 12.4. The monoisotopic (exact) mass is 804 g/mol. The number of amides is 1. The third kappa shape index (κ3) is 43.7. The molecule has 0 bridgehead atoms. The van der Waals surface area contributed by atoms with E-state index in [1.54, 1.807) is 0 Å². The van der Waals surface area contributed by atoms with E-state index >= 15 is 0 Å². The van der Waals surface area contributed by atoms with Gasteiger partial charge in [0.25, 0.3) is 0 Å². The van der Waals surface area contributed by atoms with E-state index < -0.39 is 12.1 Å². The molecule has 336 valence electrons. The molecule has 0 aliphatic heterocycles. The van der Waals surface area contributed by atoms with Crippen molar-refractivity contribution in [3.05, 3.63) is 24.3 Å². The standard InChI is InChI=1S/C51H97NO5/c1-3-5-7-9-11-13-14-15-22-25-29-33-37-41-45-51(56)57-46-42-38-34-30-26-23-20-18-16-17-19-21-24-28-32-36-40-44-50(55)52-48(47-53)49(54)43-39-35-31-27-12-10-8-6-4-2/h14-16,18,48-49,53-54H,3-13,17,19-47H2,1-2H3,(H,52,55)/b15-14-,18-16-. The van der Waals surface area contributed by atoms with E-state index in [9.17, 15) is 19.8 Å². The van der Waals surface area contributed by atoms with Gasteiger partial charge < -0.3 is 20.3 Å². The summed E-state index contributed by atoms with van der Waals surface area (Å²) < 4.78 is 5.45. The van der Waals surface area contributed by atoms with Gasteiger partial charge >= 0.3 is 5.97 Å². The summed E-state index contributed by atoms with van der Waals surface area (Å²) in [5, 5.41) is 23.0. The van der Waals surface area contributed by atoms with Crippen LogP contribution < -0.4 is 5.32 Å². The molecule has 0 radical (unpaired) electrons. The van der Waals surface area contributed by atoms with Crippen LogP contribution in [0.1, 0.15) is 264 Å². The lowest BCUT2D eigenvalue weighted by Crippen LogP contribution is -2.45. The molecule has 0 fully saturated rings. The van der Waals surface area contributed by atoms with Gasteiger partial charge in [-0.05, 0) is 77.0 Å². The van der Waals surface area contributed by atoms with E-state index in [-0.39, 0.29) is 18.5 Å². The number of carbonyl (C=O) groups is 2. The number of hydrogen-bond donors (Lipinski definition) is 3. The number of nitrogens with one attached hydrogen (secondary N) is 1. The second kappa shape index (κ2) is 47.0. The molecule has 0 aliphatic rings. The SMILES string of the molecule is CCCCCCC/C=C\CCCCCCCC(=O)OCCCCCCCC/C=C\CCCCCCCCCC(=O)NC(CO)C(O)CCCCCCCCCCC. The fourth-order valence-corrected chi connectivity index (χ4v) is 7.57. The van der Waals surface area contributed by atoms with Gasteiger partial charge in [-0.2, -0.15) is 0 Å². The Kier molecular flexibility index (Phi) is 45.7. The third-order valence-corrected chi connectivity index (χ3v) is 11.5. The molecule has 0 heterocycles. The first kappa shape index (κ1) is 55.3. The lowest BCUT2D eigenvalue weighted by molar-refractivity contribution is -0.143. The molecule has 57 heavy (non-hydrogen) atoms. The van der Waals surface area contributed by atoms with E-state index in [1.807, 2.05) is 0 Å². The van der Waals surface area contributed by atoms with Gasteiger partial charge in [0, 0.05) is 12.8 Å². The second-order valence-electron chi connectivity index (χ2n) is 17.1. The first-order chi connectivity index (χ1) is 28.0. The normalized spacial score (nSPS) is 12.8. The molecule has 6 heteroatoms. The van der Waals surface area contributed by atoms with Crippen LogP contribution in [0.4, 0.5) is 0 Å². The molecule has 0 saturated heterocycles. The van der Waals surface area contributed by atoms with Crippen molar-refractivity contribution in [2.45, 2.75) is 276 Å². The molecule has 0 aliphatic carbocycles. The molecule has 0 rings (SSSR count). The largest absolute Gasteiger partial charge is 0.466 e. The van der Waals surface area contributed by atoms with Crippen molar-refractivity contribution in [3.63, 3.8) is 0 Å². The smallest absolute Gasteiger partial charge is 0.305 e. The number of allylic oxidation sites excluding steroid dienone is 4. The lowest BCUT2D eigenvalue weighted by atomic mass is 10.0. The number of ether oxygens (including phenoxy) is 1. The summed E-state index contributed by atoms with van der Waals surface area (Å²) in [6, 6.07) is -0.548. The minimum absolute atomic E-state index is 0.0110. The molecule has 3 N–H and O–H groups in total. The van der Waals surface area contributed by atoms with Gasteiger partial charge in [0.15, 0.2) is 0 Å². The highest BCUT2D eigenvalue weighted by atomic mass is 16.5. The maximum Gasteiger partial charge on any atom is 0.305 e. The summed E-state index contributed by atoms with van der Waals surface area (Å²) in [5.41, 5.74) is 0. The fourth-order valence-electron chi connectivity index (χ4n) is 7.57. The number of aliphatic hydroxyl groups excluding tert-OH is 2. The van der Waals surface area contributed by atoms with Crippen molar-refractivity contribution in [2.24, 2.45) is 0 Å². The number of aliphatic hydroxyl groups is 2. The second-order valence-corrected chi connectivity index (χ2v) is 17.1. The number of hydrogen-bond acceptors (Lipinski definition) is 5. The molecule has 2 atom stereocenters. The Morgan fingerprint density at radius 1 is 0.474 bits per heavy atom. The summed E-state index contributed by atoms with van der Waals surface area (Å²) in [6.45, 7) is 4.89. The minimum Gasteiger partial charge on any atom is -0.466 e. The molecular weight excluding hydrogens is 707 g/mol. The molecule has 0 spiro atoms. The van der Waals surface area contributed by atoms with Crippen LogP contribution in [0.25, 0.3) is 0 Å². The first-order valence-corrected chi connectivity index (χ1v) is 25.1. The first-order valence-electron chi connectivity index (χ1n) is 25.1. The van der Waals surface area contributed by atoms with Crippen LogP contribution >= 0.6 is 0 Å². The van der Waals surface area contributed by atoms with Gasteiger partial charge in [0.1, 0.15) is 0 Å². The van der Waals surface area contributed by atoms with Crippen molar-refractivity contribution in [1.29, 1.82) is 0 Å². The van der Waals surface area contributed by atoms with Crippen LogP contribution in [0.5, 0.6) is 0 Å². The number of unbranched alkanes of at least 4 members (excludes halogenated alkanes) is 31. The Balaban J connectivity index is 3.44. The van der Waals surface area contributed by atoms with E-state index in [2.05, 4.69) is 43.5 Å². The topological polar surface area (TPSA) is 95.9 Å². The van der Waals surface area contributed by atoms with E-state index in [1.165, 1.54) is 173 Å². The van der Waals surface area contributed by atoms with Gasteiger partial charge in [-0.1, -0.05) is 199 Å². The highest BCUT2D eigenvalue weighted by Gasteiger charge is 2.20. The van der Waals surface area contributed by atoms with Crippen LogP contribution in [0.2, 0.25) is 0 Å². The van der Waals surface area contributed by atoms with Crippen molar-refractivity contribution < 1.29 is 24.5 Å². The van der Waals surface area contributed by atoms with Gasteiger partial charge in [-0.25, -0.2) is 0 Å². The van der Waals surface area contributed by atoms with Crippen LogP contribution in [0.15, 0.2) is 24.3 Å². The van der Waals surface area contributed by atoms with Crippen LogP contribution in [0.3, 0.4) is 0 Å². The summed E-state index contributed by atoms with van der Waals surface area (Å²) in [5.74, 6) is -0.0613. The molecule has 6 nitrogen and oxygen atoms in total. The third-order valence-electron chi connectivity index (χ3n) is 11.5. The minimum atomic E-state index is -0.669. The Bertz CT molecular complexity index is 889. The van der Waals surface area contributed by atoms with E-state index in [0.717, 1.165) is 57.8 Å². The highest BCUT2D eigenvalue weighted by Crippen LogP contribution is 2.15. The summed E-state index contributed by atoms with van der Waals surface area (Å²) in [4.78, 5) is 24.4. The number of carbonyl (C=O) groups excluding carboxylic acids is 2. The zero-order valence-corrected chi connectivity index (χ0v) is 38.1. The molecule has 1 amide bonds. The van der Waals surface area contributed by atoms with Crippen molar-refractivity contribution in [3.8, 4) is 0 Å². The number of esters is 1. The zero-order valence-electron chi connectivity index (χ0n) is 38.1. The van der Waals surface area contributed by atoms with E-state index in [4.69, 9.17) is 4.74 Å². The molecule has 0 aromatic carbocycles. The zero-order chi connectivity index (χ0) is 41.5. The summed E-state index contributed by atoms with van der Waals surface area (Å²) in [6.07, 6.45) is 54.4. The van der Waals surface area contributed by atoms with E-state index in [0.29, 0.717) is 25.9 Å². The van der Waals surface area contributed by atoms with Crippen molar-refractivity contribution in [2.75, 3.05) is 13.2 Å². The van der Waals surface area contributed by atoms with Gasteiger partial charge in [-0.15, -0.1) is 0 Å². The maximum atomic E-state index is 12.4. The van der Waals surface area contributed by atoms with Crippen LogP contribution in [0, 0.1) is 0 Å². The van der Waals surface area contributed by atoms with Gasteiger partial charge in [0.05, 0.1) is 25.4 Å². The average Bonchev–Trinajstić information content (AvgIpc) is 3.21. The fraction of sp³-hybridized carbons (Fsp3) is 0.882. The Hall–Kier alpha value is -1.66. The van der Waals surface area contributed by atoms with Crippen LogP contribution in [-0.2, 0) is 14.3 Å². The number of rotatable bonds is 46. The Labute approximate surface area is 354 Å². The molecule has 0 saturated carbocycles.